The minimum Gasteiger partial charge on any atom is -0.508 e. The lowest BCUT2D eigenvalue weighted by molar-refractivity contribution is 0.174. The van der Waals surface area contributed by atoms with Gasteiger partial charge in [-0.2, -0.15) is 18.4 Å². The van der Waals surface area contributed by atoms with E-state index in [-0.39, 0.29) is 41.2 Å². The number of aromatic hydroxyl groups is 2. The first-order valence-electron chi connectivity index (χ1n) is 10.3. The predicted molar refractivity (Wildman–Crippen MR) is 123 cm³/mol. The molecule has 0 unspecified atom stereocenters. The van der Waals surface area contributed by atoms with Crippen molar-refractivity contribution in [3.8, 4) is 23.0 Å². The van der Waals surface area contributed by atoms with E-state index in [0.29, 0.717) is 22.6 Å². The molecule has 4 rings (SSSR count). The highest BCUT2D eigenvalue weighted by molar-refractivity contribution is 7.89. The van der Waals surface area contributed by atoms with Gasteiger partial charge in [-0.1, -0.05) is 38.1 Å². The summed E-state index contributed by atoms with van der Waals surface area (Å²) in [6.07, 6.45) is 0.184. The van der Waals surface area contributed by atoms with E-state index in [4.69, 9.17) is 9.47 Å². The van der Waals surface area contributed by atoms with Crippen molar-refractivity contribution in [2.45, 2.75) is 31.1 Å². The molecule has 0 atom stereocenters. The number of benzene rings is 3. The molecule has 0 saturated carbocycles. The standard InChI is InChI=1S/C24H24N2O6S/c1-15(2)18-12-19(22(28)13-21(18)27)20(10-16-8-9-23-24(11-16)32-14-31-23)25-26-33(29,30)17-6-4-3-5-7-17/h3-9,11-13,15,26-28H,10,14H2,1-2H3/b25-20+. The quantitative estimate of drug-likeness (QED) is 0.358. The van der Waals surface area contributed by atoms with Gasteiger partial charge in [0, 0.05) is 18.1 Å². The summed E-state index contributed by atoms with van der Waals surface area (Å²) in [5.74, 6) is 0.914. The van der Waals surface area contributed by atoms with Crippen LogP contribution in [0.3, 0.4) is 0 Å². The number of phenols is 2. The summed E-state index contributed by atoms with van der Waals surface area (Å²) < 4.78 is 36.2. The number of nitrogens with zero attached hydrogens (tertiary/aromatic N) is 1. The second kappa shape index (κ2) is 9.03. The lowest BCUT2D eigenvalue weighted by atomic mass is 9.94. The van der Waals surface area contributed by atoms with Gasteiger partial charge in [0.2, 0.25) is 6.79 Å². The van der Waals surface area contributed by atoms with Crippen LogP contribution in [0.15, 0.2) is 70.7 Å². The van der Waals surface area contributed by atoms with Crippen molar-refractivity contribution in [2.24, 2.45) is 5.10 Å². The Balaban J connectivity index is 1.75. The molecule has 8 nitrogen and oxygen atoms in total. The number of fused-ring (bicyclic) bond motifs is 1. The summed E-state index contributed by atoms with van der Waals surface area (Å²) in [5.41, 5.74) is 1.96. The maximum atomic E-state index is 12.7. The van der Waals surface area contributed by atoms with Crippen LogP contribution in [0, 0.1) is 0 Å². The van der Waals surface area contributed by atoms with Gasteiger partial charge in [0.1, 0.15) is 11.5 Å². The Kier molecular flexibility index (Phi) is 6.15. The number of nitrogens with one attached hydrogen (secondary N) is 1. The third-order valence-electron chi connectivity index (χ3n) is 5.24. The van der Waals surface area contributed by atoms with Crippen molar-refractivity contribution >= 4 is 15.7 Å². The Bertz CT molecular complexity index is 1300. The molecule has 0 bridgehead atoms. The zero-order valence-electron chi connectivity index (χ0n) is 18.1. The van der Waals surface area contributed by atoms with Gasteiger partial charge in [-0.05, 0) is 47.4 Å². The number of hydrogen-bond donors (Lipinski definition) is 3. The van der Waals surface area contributed by atoms with E-state index >= 15 is 0 Å². The van der Waals surface area contributed by atoms with Crippen LogP contribution in [0.2, 0.25) is 0 Å². The number of ether oxygens (including phenoxy) is 2. The van der Waals surface area contributed by atoms with Crippen molar-refractivity contribution in [1.82, 2.24) is 4.83 Å². The maximum Gasteiger partial charge on any atom is 0.276 e. The topological polar surface area (TPSA) is 117 Å². The van der Waals surface area contributed by atoms with Gasteiger partial charge in [0.25, 0.3) is 10.0 Å². The fourth-order valence-corrected chi connectivity index (χ4v) is 4.35. The molecule has 0 radical (unpaired) electrons. The molecule has 3 aromatic carbocycles. The zero-order chi connectivity index (χ0) is 23.6. The van der Waals surface area contributed by atoms with Crippen LogP contribution in [0.4, 0.5) is 0 Å². The molecule has 0 saturated heterocycles. The molecule has 0 aromatic heterocycles. The average molecular weight is 469 g/mol. The van der Waals surface area contributed by atoms with Crippen molar-refractivity contribution in [3.63, 3.8) is 0 Å². The third-order valence-corrected chi connectivity index (χ3v) is 6.47. The number of hydrogen-bond acceptors (Lipinski definition) is 7. The van der Waals surface area contributed by atoms with E-state index in [1.54, 1.807) is 36.4 Å². The van der Waals surface area contributed by atoms with Crippen LogP contribution in [0.5, 0.6) is 23.0 Å². The van der Waals surface area contributed by atoms with Gasteiger partial charge < -0.3 is 19.7 Å². The molecule has 3 aromatic rings. The maximum absolute atomic E-state index is 12.7. The molecule has 3 N–H and O–H groups in total. The van der Waals surface area contributed by atoms with Gasteiger partial charge in [-0.25, -0.2) is 0 Å². The fourth-order valence-electron chi connectivity index (χ4n) is 3.49. The van der Waals surface area contributed by atoms with Crippen molar-refractivity contribution in [3.05, 3.63) is 77.4 Å². The Morgan fingerprint density at radius 2 is 1.73 bits per heavy atom. The number of hydrazone groups is 1. The summed E-state index contributed by atoms with van der Waals surface area (Å²) in [7, 11) is -3.93. The fraction of sp³-hybridized carbons (Fsp3) is 0.208. The second-order valence-electron chi connectivity index (χ2n) is 7.91. The summed E-state index contributed by atoms with van der Waals surface area (Å²) in [4.78, 5) is 2.33. The number of phenolic OH excluding ortho intramolecular Hbond substituents is 2. The highest BCUT2D eigenvalue weighted by Gasteiger charge is 2.20. The molecular weight excluding hydrogens is 444 g/mol. The Morgan fingerprint density at radius 3 is 2.45 bits per heavy atom. The van der Waals surface area contributed by atoms with Crippen LogP contribution >= 0.6 is 0 Å². The average Bonchev–Trinajstić information content (AvgIpc) is 3.25. The van der Waals surface area contributed by atoms with Crippen LogP contribution in [0.25, 0.3) is 0 Å². The van der Waals surface area contributed by atoms with E-state index in [1.807, 2.05) is 19.9 Å². The third kappa shape index (κ3) is 4.88. The Morgan fingerprint density at radius 1 is 1.00 bits per heavy atom. The van der Waals surface area contributed by atoms with Crippen molar-refractivity contribution in [1.29, 1.82) is 0 Å². The van der Waals surface area contributed by atoms with Crippen LogP contribution in [0.1, 0.15) is 36.5 Å². The van der Waals surface area contributed by atoms with Crippen LogP contribution < -0.4 is 14.3 Å². The SMILES string of the molecule is CC(C)c1cc(/C(Cc2ccc3c(c2)OCO3)=N/NS(=O)(=O)c2ccccc2)c(O)cc1O. The van der Waals surface area contributed by atoms with E-state index in [2.05, 4.69) is 9.93 Å². The summed E-state index contributed by atoms with van der Waals surface area (Å²) in [5, 5.41) is 25.0. The molecule has 172 valence electrons. The van der Waals surface area contributed by atoms with Crippen LogP contribution in [-0.2, 0) is 16.4 Å². The molecule has 1 aliphatic rings. The molecule has 0 aliphatic carbocycles. The van der Waals surface area contributed by atoms with Crippen LogP contribution in [-0.4, -0.2) is 31.1 Å². The first-order valence-corrected chi connectivity index (χ1v) is 11.8. The summed E-state index contributed by atoms with van der Waals surface area (Å²) >= 11 is 0. The van der Waals surface area contributed by atoms with E-state index in [0.717, 1.165) is 5.56 Å². The van der Waals surface area contributed by atoms with E-state index < -0.39 is 10.0 Å². The highest BCUT2D eigenvalue weighted by Crippen LogP contribution is 2.35. The van der Waals surface area contributed by atoms with E-state index in [1.165, 1.54) is 18.2 Å². The molecule has 0 amide bonds. The van der Waals surface area contributed by atoms with E-state index in [9.17, 15) is 18.6 Å². The van der Waals surface area contributed by atoms with Gasteiger partial charge in [-0.15, -0.1) is 0 Å². The minimum atomic E-state index is -3.93. The lowest BCUT2D eigenvalue weighted by Crippen LogP contribution is -2.21. The van der Waals surface area contributed by atoms with Gasteiger partial charge in [-0.3, -0.25) is 0 Å². The zero-order valence-corrected chi connectivity index (χ0v) is 19.0. The molecule has 1 aliphatic heterocycles. The first-order chi connectivity index (χ1) is 15.7. The molecule has 9 heteroatoms. The Labute approximate surface area is 192 Å². The second-order valence-corrected chi connectivity index (χ2v) is 9.57. The molecule has 0 spiro atoms. The lowest BCUT2D eigenvalue weighted by Gasteiger charge is -2.15. The minimum absolute atomic E-state index is 0.0304. The number of sulfonamides is 1. The van der Waals surface area contributed by atoms with Gasteiger partial charge in [0.15, 0.2) is 11.5 Å². The predicted octanol–water partition coefficient (Wildman–Crippen LogP) is 3.88. The van der Waals surface area contributed by atoms with Gasteiger partial charge >= 0.3 is 0 Å². The van der Waals surface area contributed by atoms with Gasteiger partial charge in [0.05, 0.1) is 10.6 Å². The van der Waals surface area contributed by atoms with Crippen molar-refractivity contribution < 1.29 is 28.1 Å². The first kappa shape index (κ1) is 22.5. The van der Waals surface area contributed by atoms with Crippen molar-refractivity contribution in [2.75, 3.05) is 6.79 Å². The molecule has 1 heterocycles. The number of rotatable bonds is 7. The molecule has 33 heavy (non-hydrogen) atoms. The smallest absolute Gasteiger partial charge is 0.276 e. The highest BCUT2D eigenvalue weighted by atomic mass is 32.2. The monoisotopic (exact) mass is 468 g/mol. The summed E-state index contributed by atoms with van der Waals surface area (Å²) in [6.45, 7) is 3.94. The normalized spacial score (nSPS) is 13.4. The molecule has 0 fully saturated rings. The molecular formula is C24H24N2O6S. The summed E-state index contributed by atoms with van der Waals surface area (Å²) in [6, 6.07) is 16.1. The Hall–Kier alpha value is -3.72. The largest absolute Gasteiger partial charge is 0.508 e.